The predicted octanol–water partition coefficient (Wildman–Crippen LogP) is 4.50. The minimum atomic E-state index is -0.0414. The number of nitrogens with zero attached hydrogens (tertiary/aromatic N) is 3. The third-order valence-electron chi connectivity index (χ3n) is 4.47. The van der Waals surface area contributed by atoms with E-state index >= 15 is 0 Å². The zero-order valence-electron chi connectivity index (χ0n) is 15.4. The Hall–Kier alpha value is -2.86. The molecule has 0 aliphatic rings. The predicted molar refractivity (Wildman–Crippen MR) is 108 cm³/mol. The van der Waals surface area contributed by atoms with Crippen LogP contribution in [0.3, 0.4) is 0 Å². The number of benzene rings is 2. The summed E-state index contributed by atoms with van der Waals surface area (Å²) in [5.41, 5.74) is 3.68. The van der Waals surface area contributed by atoms with Crippen LogP contribution in [0.15, 0.2) is 62.9 Å². The third-order valence-corrected chi connectivity index (χ3v) is 5.51. The lowest BCUT2D eigenvalue weighted by Gasteiger charge is -2.07. The molecule has 2 heterocycles. The maximum absolute atomic E-state index is 12.5. The highest BCUT2D eigenvalue weighted by Crippen LogP contribution is 2.27. The van der Waals surface area contributed by atoms with Gasteiger partial charge in [-0.25, -0.2) is 9.97 Å². The summed E-state index contributed by atoms with van der Waals surface area (Å²) in [5.74, 6) is 1.98. The first-order chi connectivity index (χ1) is 13.0. The second-order valence-corrected chi connectivity index (χ2v) is 7.39. The SMILES string of the molecule is Cc1ccc(-c2nc(CSc3nc4ccccc4c(=O)n3C)c(C)o2)cc1. The van der Waals surface area contributed by atoms with Crippen LogP contribution < -0.4 is 5.56 Å². The number of para-hydroxylation sites is 1. The maximum Gasteiger partial charge on any atom is 0.261 e. The molecular formula is C21H19N3O2S. The van der Waals surface area contributed by atoms with Gasteiger partial charge in [-0.2, -0.15) is 0 Å². The number of thioether (sulfide) groups is 1. The molecule has 2 aromatic heterocycles. The lowest BCUT2D eigenvalue weighted by molar-refractivity contribution is 0.540. The van der Waals surface area contributed by atoms with Gasteiger partial charge < -0.3 is 4.42 Å². The van der Waals surface area contributed by atoms with Gasteiger partial charge in [-0.05, 0) is 38.1 Å². The van der Waals surface area contributed by atoms with Gasteiger partial charge in [0.2, 0.25) is 5.89 Å². The van der Waals surface area contributed by atoms with E-state index in [4.69, 9.17) is 4.42 Å². The Balaban J connectivity index is 1.61. The van der Waals surface area contributed by atoms with Gasteiger partial charge in [0, 0.05) is 18.4 Å². The number of hydrogen-bond acceptors (Lipinski definition) is 5. The van der Waals surface area contributed by atoms with Crippen LogP contribution in [-0.4, -0.2) is 14.5 Å². The first-order valence-corrected chi connectivity index (χ1v) is 9.63. The minimum absolute atomic E-state index is 0.0414. The largest absolute Gasteiger partial charge is 0.441 e. The fraction of sp³-hybridized carbons (Fsp3) is 0.190. The van der Waals surface area contributed by atoms with Crippen molar-refractivity contribution in [2.75, 3.05) is 0 Å². The highest BCUT2D eigenvalue weighted by atomic mass is 32.2. The van der Waals surface area contributed by atoms with Crippen LogP contribution in [0, 0.1) is 13.8 Å². The average Bonchev–Trinajstić information content (AvgIpc) is 3.05. The average molecular weight is 377 g/mol. The molecule has 4 aromatic rings. The summed E-state index contributed by atoms with van der Waals surface area (Å²) in [7, 11) is 1.75. The van der Waals surface area contributed by atoms with Gasteiger partial charge >= 0.3 is 0 Å². The van der Waals surface area contributed by atoms with Crippen LogP contribution in [0.1, 0.15) is 17.0 Å². The number of hydrogen-bond donors (Lipinski definition) is 0. The van der Waals surface area contributed by atoms with E-state index in [1.165, 1.54) is 17.3 Å². The van der Waals surface area contributed by atoms with Crippen molar-refractivity contribution in [3.05, 3.63) is 75.9 Å². The number of aryl methyl sites for hydroxylation is 2. The van der Waals surface area contributed by atoms with Crippen LogP contribution in [0.2, 0.25) is 0 Å². The van der Waals surface area contributed by atoms with Crippen LogP contribution in [0.4, 0.5) is 0 Å². The molecule has 0 saturated carbocycles. The van der Waals surface area contributed by atoms with E-state index in [9.17, 15) is 4.79 Å². The smallest absolute Gasteiger partial charge is 0.261 e. The molecule has 0 fully saturated rings. The molecular weight excluding hydrogens is 358 g/mol. The number of oxazole rings is 1. The quantitative estimate of drug-likeness (QED) is 0.387. The van der Waals surface area contributed by atoms with Crippen LogP contribution in [0.25, 0.3) is 22.4 Å². The molecule has 136 valence electrons. The Morgan fingerprint density at radius 1 is 1.04 bits per heavy atom. The Bertz CT molecular complexity index is 1180. The van der Waals surface area contributed by atoms with Crippen molar-refractivity contribution in [2.45, 2.75) is 24.8 Å². The van der Waals surface area contributed by atoms with Crippen molar-refractivity contribution in [3.63, 3.8) is 0 Å². The zero-order valence-corrected chi connectivity index (χ0v) is 16.2. The summed E-state index contributed by atoms with van der Waals surface area (Å²) in [5, 5.41) is 1.29. The molecule has 0 atom stereocenters. The van der Waals surface area contributed by atoms with E-state index in [-0.39, 0.29) is 5.56 Å². The molecule has 27 heavy (non-hydrogen) atoms. The fourth-order valence-electron chi connectivity index (χ4n) is 2.84. The molecule has 0 bridgehead atoms. The van der Waals surface area contributed by atoms with Gasteiger partial charge in [-0.3, -0.25) is 9.36 Å². The third kappa shape index (κ3) is 3.40. The van der Waals surface area contributed by atoms with Gasteiger partial charge in [-0.15, -0.1) is 0 Å². The van der Waals surface area contributed by atoms with Gasteiger partial charge in [0.1, 0.15) is 5.76 Å². The van der Waals surface area contributed by atoms with Gasteiger partial charge in [0.25, 0.3) is 5.56 Å². The second-order valence-electron chi connectivity index (χ2n) is 6.45. The summed E-state index contributed by atoms with van der Waals surface area (Å²) >= 11 is 1.48. The summed E-state index contributed by atoms with van der Waals surface area (Å²) < 4.78 is 7.43. The Kier molecular flexibility index (Phi) is 4.58. The normalized spacial score (nSPS) is 11.2. The summed E-state index contributed by atoms with van der Waals surface area (Å²) in [6, 6.07) is 15.5. The second kappa shape index (κ2) is 7.04. The molecule has 0 N–H and O–H groups in total. The Morgan fingerprint density at radius 2 is 1.78 bits per heavy atom. The molecule has 5 nitrogen and oxygen atoms in total. The molecule has 0 radical (unpaired) electrons. The summed E-state index contributed by atoms with van der Waals surface area (Å²) in [4.78, 5) is 21.8. The number of fused-ring (bicyclic) bond motifs is 1. The molecule has 0 saturated heterocycles. The highest BCUT2D eigenvalue weighted by molar-refractivity contribution is 7.98. The molecule has 0 aliphatic heterocycles. The van der Waals surface area contributed by atoms with Crippen molar-refractivity contribution < 1.29 is 4.42 Å². The maximum atomic E-state index is 12.5. The molecule has 0 amide bonds. The van der Waals surface area contributed by atoms with Crippen molar-refractivity contribution in [1.82, 2.24) is 14.5 Å². The first kappa shape index (κ1) is 17.5. The monoisotopic (exact) mass is 377 g/mol. The summed E-state index contributed by atoms with van der Waals surface area (Å²) in [6.07, 6.45) is 0. The lowest BCUT2D eigenvalue weighted by atomic mass is 10.1. The fourth-order valence-corrected chi connectivity index (χ4v) is 3.81. The van der Waals surface area contributed by atoms with Crippen molar-refractivity contribution >= 4 is 22.7 Å². The number of rotatable bonds is 4. The van der Waals surface area contributed by atoms with Crippen LogP contribution in [-0.2, 0) is 12.8 Å². The Labute approximate surface area is 161 Å². The van der Waals surface area contributed by atoms with E-state index < -0.39 is 0 Å². The first-order valence-electron chi connectivity index (χ1n) is 8.65. The number of aromatic nitrogens is 3. The van der Waals surface area contributed by atoms with Gasteiger partial charge in [0.15, 0.2) is 5.16 Å². The van der Waals surface area contributed by atoms with E-state index in [1.54, 1.807) is 17.7 Å². The van der Waals surface area contributed by atoms with Crippen molar-refractivity contribution in [3.8, 4) is 11.5 Å². The molecule has 2 aromatic carbocycles. The lowest BCUT2D eigenvalue weighted by Crippen LogP contribution is -2.19. The van der Waals surface area contributed by atoms with Gasteiger partial charge in [0.05, 0.1) is 16.6 Å². The van der Waals surface area contributed by atoms with E-state index in [0.29, 0.717) is 27.7 Å². The molecule has 0 aliphatic carbocycles. The Morgan fingerprint density at radius 3 is 2.56 bits per heavy atom. The highest BCUT2D eigenvalue weighted by Gasteiger charge is 2.14. The van der Waals surface area contributed by atoms with Crippen molar-refractivity contribution in [2.24, 2.45) is 7.05 Å². The topological polar surface area (TPSA) is 60.9 Å². The van der Waals surface area contributed by atoms with Crippen molar-refractivity contribution in [1.29, 1.82) is 0 Å². The van der Waals surface area contributed by atoms with E-state index in [0.717, 1.165) is 17.0 Å². The van der Waals surface area contributed by atoms with Gasteiger partial charge in [-0.1, -0.05) is 41.6 Å². The zero-order chi connectivity index (χ0) is 19.0. The molecule has 4 rings (SSSR count). The molecule has 0 spiro atoms. The minimum Gasteiger partial charge on any atom is -0.441 e. The van der Waals surface area contributed by atoms with E-state index in [2.05, 4.69) is 9.97 Å². The van der Waals surface area contributed by atoms with Crippen LogP contribution >= 0.6 is 11.8 Å². The van der Waals surface area contributed by atoms with Crippen LogP contribution in [0.5, 0.6) is 0 Å². The standard InChI is InChI=1S/C21H19N3O2S/c1-13-8-10-15(11-9-13)19-22-18(14(2)26-19)12-27-21-23-17-7-5-4-6-16(17)20(25)24(21)3/h4-11H,12H2,1-3H3. The van der Waals surface area contributed by atoms with E-state index in [1.807, 2.05) is 56.3 Å². The summed E-state index contributed by atoms with van der Waals surface area (Å²) in [6.45, 7) is 3.96. The molecule has 0 unspecified atom stereocenters. The molecule has 6 heteroatoms.